The highest BCUT2D eigenvalue weighted by Gasteiger charge is 2.45. The average molecular weight is 202 g/mol. The number of aryl methyl sites for hydroxylation is 1. The van der Waals surface area contributed by atoms with E-state index < -0.39 is 0 Å². The van der Waals surface area contributed by atoms with Crippen LogP contribution in [-0.2, 0) is 5.54 Å². The zero-order valence-corrected chi connectivity index (χ0v) is 9.37. The average Bonchev–Trinajstić information content (AvgIpc) is 2.75. The number of rotatable bonds is 1. The number of aromatic nitrogens is 1. The first kappa shape index (κ1) is 9.34. The molecule has 3 rings (SSSR count). The second-order valence-corrected chi connectivity index (χ2v) is 4.98. The molecule has 0 spiro atoms. The van der Waals surface area contributed by atoms with Crippen molar-refractivity contribution in [1.82, 2.24) is 9.88 Å². The van der Waals surface area contributed by atoms with Crippen LogP contribution < -0.4 is 0 Å². The number of hydrogen-bond acceptors (Lipinski definition) is 2. The molecule has 0 bridgehead atoms. The van der Waals surface area contributed by atoms with Gasteiger partial charge in [0.15, 0.2) is 0 Å². The van der Waals surface area contributed by atoms with E-state index in [0.717, 1.165) is 0 Å². The molecule has 0 atom stereocenters. The van der Waals surface area contributed by atoms with E-state index in [0.29, 0.717) is 5.54 Å². The van der Waals surface area contributed by atoms with Crippen LogP contribution in [0.4, 0.5) is 0 Å². The summed E-state index contributed by atoms with van der Waals surface area (Å²) in [6, 6.07) is 2.33. The summed E-state index contributed by atoms with van der Waals surface area (Å²) in [6.07, 6.45) is 9.41. The molecule has 15 heavy (non-hydrogen) atoms. The van der Waals surface area contributed by atoms with Gasteiger partial charge in [0.05, 0.1) is 0 Å². The molecule has 3 heterocycles. The Morgan fingerprint density at radius 2 is 1.93 bits per heavy atom. The maximum absolute atomic E-state index is 4.36. The van der Waals surface area contributed by atoms with Crippen LogP contribution in [0.2, 0.25) is 0 Å². The normalized spacial score (nSPS) is 24.3. The van der Waals surface area contributed by atoms with Gasteiger partial charge in [-0.25, -0.2) is 0 Å². The fourth-order valence-corrected chi connectivity index (χ4v) is 3.39. The lowest BCUT2D eigenvalue weighted by Crippen LogP contribution is -2.35. The molecule has 1 aromatic heterocycles. The summed E-state index contributed by atoms with van der Waals surface area (Å²) in [5.41, 5.74) is 3.11. The summed E-state index contributed by atoms with van der Waals surface area (Å²) in [4.78, 5) is 7.03. The molecule has 0 aromatic carbocycles. The predicted octanol–water partition coefficient (Wildman–Crippen LogP) is 2.47. The topological polar surface area (TPSA) is 16.1 Å². The van der Waals surface area contributed by atoms with Gasteiger partial charge < -0.3 is 0 Å². The maximum Gasteiger partial charge on any atom is 0.0476 e. The van der Waals surface area contributed by atoms with Crippen molar-refractivity contribution in [1.29, 1.82) is 0 Å². The van der Waals surface area contributed by atoms with E-state index in [1.807, 2.05) is 6.20 Å². The fourth-order valence-electron chi connectivity index (χ4n) is 3.39. The summed E-state index contributed by atoms with van der Waals surface area (Å²) in [5, 5.41) is 0. The van der Waals surface area contributed by atoms with E-state index in [-0.39, 0.29) is 0 Å². The van der Waals surface area contributed by atoms with Gasteiger partial charge in [-0.1, -0.05) is 6.07 Å². The first-order valence-electron chi connectivity index (χ1n) is 5.98. The zero-order valence-electron chi connectivity index (χ0n) is 9.37. The van der Waals surface area contributed by atoms with Crippen molar-refractivity contribution < 1.29 is 0 Å². The van der Waals surface area contributed by atoms with Crippen LogP contribution in [0, 0.1) is 6.92 Å². The van der Waals surface area contributed by atoms with E-state index in [1.54, 1.807) is 0 Å². The van der Waals surface area contributed by atoms with Crippen molar-refractivity contribution in [3.8, 4) is 0 Å². The molecular weight excluding hydrogens is 184 g/mol. The molecule has 0 saturated carbocycles. The van der Waals surface area contributed by atoms with Gasteiger partial charge in [-0.05, 0) is 56.8 Å². The highest BCUT2D eigenvalue weighted by atomic mass is 15.2. The van der Waals surface area contributed by atoms with Gasteiger partial charge in [-0.15, -0.1) is 0 Å². The van der Waals surface area contributed by atoms with Crippen LogP contribution in [-0.4, -0.2) is 23.0 Å². The van der Waals surface area contributed by atoms with E-state index in [4.69, 9.17) is 0 Å². The molecular formula is C13H18N2. The molecule has 0 amide bonds. The second-order valence-electron chi connectivity index (χ2n) is 4.98. The predicted molar refractivity (Wildman–Crippen MR) is 60.7 cm³/mol. The minimum absolute atomic E-state index is 0.360. The van der Waals surface area contributed by atoms with Gasteiger partial charge in [-0.3, -0.25) is 9.88 Å². The molecule has 2 nitrogen and oxygen atoms in total. The third-order valence-electron chi connectivity index (χ3n) is 4.05. The van der Waals surface area contributed by atoms with Crippen molar-refractivity contribution in [2.24, 2.45) is 0 Å². The molecule has 2 heteroatoms. The van der Waals surface area contributed by atoms with E-state index in [2.05, 4.69) is 29.1 Å². The number of hydrogen-bond donors (Lipinski definition) is 0. The van der Waals surface area contributed by atoms with Gasteiger partial charge in [0.2, 0.25) is 0 Å². The molecule has 0 radical (unpaired) electrons. The summed E-state index contributed by atoms with van der Waals surface area (Å²) in [5.74, 6) is 0. The Bertz CT molecular complexity index is 363. The van der Waals surface area contributed by atoms with Gasteiger partial charge >= 0.3 is 0 Å². The molecule has 2 aliphatic heterocycles. The molecule has 0 N–H and O–H groups in total. The van der Waals surface area contributed by atoms with Gasteiger partial charge in [0.1, 0.15) is 0 Å². The van der Waals surface area contributed by atoms with Crippen LogP contribution in [0.15, 0.2) is 18.5 Å². The van der Waals surface area contributed by atoms with Gasteiger partial charge in [-0.2, -0.15) is 0 Å². The van der Waals surface area contributed by atoms with Crippen LogP contribution in [0.3, 0.4) is 0 Å². The monoisotopic (exact) mass is 202 g/mol. The van der Waals surface area contributed by atoms with Crippen LogP contribution in [0.1, 0.15) is 36.8 Å². The highest BCUT2D eigenvalue weighted by molar-refractivity contribution is 5.27. The lowest BCUT2D eigenvalue weighted by atomic mass is 9.86. The third-order valence-corrected chi connectivity index (χ3v) is 4.05. The molecule has 0 aliphatic carbocycles. The molecule has 2 saturated heterocycles. The number of fused-ring (bicyclic) bond motifs is 1. The standard InChI is InChI=1S/C13H18N2/c1-11-8-12(10-14-9-11)13-4-2-6-15(13)7-3-5-13/h8-10H,2-7H2,1H3. The summed E-state index contributed by atoms with van der Waals surface area (Å²) >= 11 is 0. The number of pyridine rings is 1. The smallest absolute Gasteiger partial charge is 0.0476 e. The second kappa shape index (κ2) is 3.31. The van der Waals surface area contributed by atoms with Crippen molar-refractivity contribution in [3.05, 3.63) is 29.6 Å². The Morgan fingerprint density at radius 1 is 1.20 bits per heavy atom. The Hall–Kier alpha value is -0.890. The van der Waals surface area contributed by atoms with E-state index >= 15 is 0 Å². The Morgan fingerprint density at radius 3 is 2.60 bits per heavy atom. The largest absolute Gasteiger partial charge is 0.294 e. The highest BCUT2D eigenvalue weighted by Crippen LogP contribution is 2.46. The van der Waals surface area contributed by atoms with Crippen molar-refractivity contribution in [2.45, 2.75) is 38.1 Å². The molecule has 1 aromatic rings. The molecule has 2 fully saturated rings. The van der Waals surface area contributed by atoms with Gasteiger partial charge in [0.25, 0.3) is 0 Å². The molecule has 80 valence electrons. The van der Waals surface area contributed by atoms with Crippen LogP contribution in [0.25, 0.3) is 0 Å². The summed E-state index contributed by atoms with van der Waals surface area (Å²) in [7, 11) is 0. The summed E-state index contributed by atoms with van der Waals surface area (Å²) in [6.45, 7) is 4.71. The Kier molecular flexibility index (Phi) is 2.06. The lowest BCUT2D eigenvalue weighted by Gasteiger charge is -2.32. The number of nitrogens with zero attached hydrogens (tertiary/aromatic N) is 2. The quantitative estimate of drug-likeness (QED) is 0.695. The molecule has 0 unspecified atom stereocenters. The fraction of sp³-hybridized carbons (Fsp3) is 0.615. The van der Waals surface area contributed by atoms with Crippen LogP contribution >= 0.6 is 0 Å². The van der Waals surface area contributed by atoms with Crippen molar-refractivity contribution in [3.63, 3.8) is 0 Å². The Balaban J connectivity index is 2.04. The zero-order chi connectivity index (χ0) is 10.3. The third kappa shape index (κ3) is 1.31. The van der Waals surface area contributed by atoms with E-state index in [1.165, 1.54) is 49.9 Å². The summed E-state index contributed by atoms with van der Waals surface area (Å²) < 4.78 is 0. The minimum atomic E-state index is 0.360. The maximum atomic E-state index is 4.36. The minimum Gasteiger partial charge on any atom is -0.294 e. The lowest BCUT2D eigenvalue weighted by molar-refractivity contribution is 0.197. The first-order valence-corrected chi connectivity index (χ1v) is 5.98. The van der Waals surface area contributed by atoms with E-state index in [9.17, 15) is 0 Å². The Labute approximate surface area is 91.3 Å². The van der Waals surface area contributed by atoms with Gasteiger partial charge in [0, 0.05) is 17.9 Å². The first-order chi connectivity index (χ1) is 7.31. The van der Waals surface area contributed by atoms with Crippen molar-refractivity contribution in [2.75, 3.05) is 13.1 Å². The molecule has 2 aliphatic rings. The van der Waals surface area contributed by atoms with Crippen molar-refractivity contribution >= 4 is 0 Å². The SMILES string of the molecule is Cc1cncc(C23CCCN2CCC3)c1. The van der Waals surface area contributed by atoms with Crippen LogP contribution in [0.5, 0.6) is 0 Å².